The third-order valence-corrected chi connectivity index (χ3v) is 2.10. The summed E-state index contributed by atoms with van der Waals surface area (Å²) in [7, 11) is 0. The quantitative estimate of drug-likeness (QED) is 0.692. The van der Waals surface area contributed by atoms with Gasteiger partial charge in [-0.15, -0.1) is 11.3 Å². The highest BCUT2D eigenvalue weighted by atomic mass is 32.1. The van der Waals surface area contributed by atoms with Crippen molar-refractivity contribution in [3.63, 3.8) is 0 Å². The zero-order valence-electron chi connectivity index (χ0n) is 5.41. The number of anilines is 1. The van der Waals surface area contributed by atoms with Crippen LogP contribution in [0.15, 0.2) is 11.6 Å². The van der Waals surface area contributed by atoms with Gasteiger partial charge in [0.1, 0.15) is 0 Å². The van der Waals surface area contributed by atoms with Crippen LogP contribution in [0.3, 0.4) is 0 Å². The maximum atomic E-state index is 5.00. The van der Waals surface area contributed by atoms with Gasteiger partial charge in [0, 0.05) is 11.6 Å². The highest BCUT2D eigenvalue weighted by molar-refractivity contribution is 7.13. The number of nitrogens with zero attached hydrogens (tertiary/aromatic N) is 1. The number of hydrogen-bond donors (Lipinski definition) is 1. The van der Waals surface area contributed by atoms with E-state index in [2.05, 4.69) is 10.3 Å². The Labute approximate surface area is 63.0 Å². The molecule has 0 amide bonds. The van der Waals surface area contributed by atoms with Crippen molar-refractivity contribution in [2.24, 2.45) is 0 Å². The molecule has 0 radical (unpaired) electrons. The molecular weight excluding hydrogens is 148 g/mol. The molecule has 4 heteroatoms. The van der Waals surface area contributed by atoms with Gasteiger partial charge in [0.15, 0.2) is 5.13 Å². The Kier molecular flexibility index (Phi) is 1.56. The van der Waals surface area contributed by atoms with Crippen LogP contribution in [0.25, 0.3) is 0 Å². The van der Waals surface area contributed by atoms with Crippen LogP contribution in [0.2, 0.25) is 0 Å². The van der Waals surface area contributed by atoms with E-state index >= 15 is 0 Å². The van der Waals surface area contributed by atoms with Crippen molar-refractivity contribution in [2.75, 3.05) is 18.5 Å². The van der Waals surface area contributed by atoms with Crippen molar-refractivity contribution in [1.82, 2.24) is 4.98 Å². The first kappa shape index (κ1) is 6.12. The SMILES string of the molecule is c1csc(NC2COC2)n1. The van der Waals surface area contributed by atoms with Crippen LogP contribution < -0.4 is 5.32 Å². The topological polar surface area (TPSA) is 34.1 Å². The molecule has 10 heavy (non-hydrogen) atoms. The summed E-state index contributed by atoms with van der Waals surface area (Å²) < 4.78 is 5.00. The lowest BCUT2D eigenvalue weighted by Crippen LogP contribution is -2.40. The van der Waals surface area contributed by atoms with Crippen molar-refractivity contribution in [2.45, 2.75) is 6.04 Å². The predicted octanol–water partition coefficient (Wildman–Crippen LogP) is 0.954. The van der Waals surface area contributed by atoms with Crippen LogP contribution in [0.1, 0.15) is 0 Å². The number of nitrogens with one attached hydrogen (secondary N) is 1. The minimum atomic E-state index is 0.492. The lowest BCUT2D eigenvalue weighted by Gasteiger charge is -2.26. The molecule has 1 aliphatic heterocycles. The molecule has 54 valence electrons. The Morgan fingerprint density at radius 3 is 3.10 bits per heavy atom. The summed E-state index contributed by atoms with van der Waals surface area (Å²) in [6, 6.07) is 0.492. The average molecular weight is 156 g/mol. The molecule has 0 saturated carbocycles. The molecule has 2 rings (SSSR count). The van der Waals surface area contributed by atoms with E-state index < -0.39 is 0 Å². The molecular formula is C6H8N2OS. The van der Waals surface area contributed by atoms with E-state index in [4.69, 9.17) is 4.74 Å². The van der Waals surface area contributed by atoms with E-state index in [1.54, 1.807) is 17.5 Å². The van der Waals surface area contributed by atoms with E-state index in [0.717, 1.165) is 18.3 Å². The molecule has 1 aromatic rings. The van der Waals surface area contributed by atoms with E-state index in [0.29, 0.717) is 6.04 Å². The summed E-state index contributed by atoms with van der Waals surface area (Å²) in [5, 5.41) is 6.19. The maximum absolute atomic E-state index is 5.00. The first-order chi connectivity index (χ1) is 4.95. The second kappa shape index (κ2) is 2.56. The lowest BCUT2D eigenvalue weighted by molar-refractivity contribution is 0.0211. The Bertz CT molecular complexity index is 196. The Balaban J connectivity index is 1.90. The fourth-order valence-electron chi connectivity index (χ4n) is 0.788. The first-order valence-corrected chi connectivity index (χ1v) is 4.07. The van der Waals surface area contributed by atoms with Crippen molar-refractivity contribution >= 4 is 16.5 Å². The fraction of sp³-hybridized carbons (Fsp3) is 0.500. The van der Waals surface area contributed by atoms with E-state index in [1.807, 2.05) is 5.38 Å². The number of rotatable bonds is 2. The number of aromatic nitrogens is 1. The van der Waals surface area contributed by atoms with E-state index in [-0.39, 0.29) is 0 Å². The molecule has 1 aliphatic rings. The fourth-order valence-corrected chi connectivity index (χ4v) is 1.40. The summed E-state index contributed by atoms with van der Waals surface area (Å²) in [6.45, 7) is 1.64. The van der Waals surface area contributed by atoms with Crippen molar-refractivity contribution in [3.05, 3.63) is 11.6 Å². The summed E-state index contributed by atoms with van der Waals surface area (Å²) in [5.41, 5.74) is 0. The predicted molar refractivity (Wildman–Crippen MR) is 40.3 cm³/mol. The first-order valence-electron chi connectivity index (χ1n) is 3.19. The van der Waals surface area contributed by atoms with Gasteiger partial charge in [-0.25, -0.2) is 4.98 Å². The van der Waals surface area contributed by atoms with Gasteiger partial charge in [-0.1, -0.05) is 0 Å². The van der Waals surface area contributed by atoms with Gasteiger partial charge in [-0.05, 0) is 0 Å². The van der Waals surface area contributed by atoms with Crippen LogP contribution in [0.4, 0.5) is 5.13 Å². The molecule has 1 N–H and O–H groups in total. The third kappa shape index (κ3) is 1.12. The van der Waals surface area contributed by atoms with Crippen molar-refractivity contribution in [3.8, 4) is 0 Å². The maximum Gasteiger partial charge on any atom is 0.182 e. The van der Waals surface area contributed by atoms with Crippen molar-refractivity contribution in [1.29, 1.82) is 0 Å². The highest BCUT2D eigenvalue weighted by Gasteiger charge is 2.18. The van der Waals surface area contributed by atoms with Gasteiger partial charge in [0.05, 0.1) is 19.3 Å². The second-order valence-corrected chi connectivity index (χ2v) is 3.11. The normalized spacial score (nSPS) is 18.4. The van der Waals surface area contributed by atoms with Crippen molar-refractivity contribution < 1.29 is 4.74 Å². The smallest absolute Gasteiger partial charge is 0.182 e. The van der Waals surface area contributed by atoms with Crippen LogP contribution in [-0.4, -0.2) is 24.2 Å². The van der Waals surface area contributed by atoms with Gasteiger partial charge < -0.3 is 10.1 Å². The van der Waals surface area contributed by atoms with Crippen LogP contribution >= 0.6 is 11.3 Å². The van der Waals surface area contributed by atoms with Crippen LogP contribution in [-0.2, 0) is 4.74 Å². The molecule has 1 aromatic heterocycles. The zero-order valence-corrected chi connectivity index (χ0v) is 6.23. The summed E-state index contributed by atoms with van der Waals surface area (Å²) in [6.07, 6.45) is 1.80. The molecule has 0 spiro atoms. The molecule has 1 fully saturated rings. The van der Waals surface area contributed by atoms with Gasteiger partial charge in [0.2, 0.25) is 0 Å². The monoisotopic (exact) mass is 156 g/mol. The largest absolute Gasteiger partial charge is 0.377 e. The Hall–Kier alpha value is -0.610. The molecule has 0 atom stereocenters. The molecule has 0 bridgehead atoms. The summed E-state index contributed by atoms with van der Waals surface area (Å²) in [4.78, 5) is 4.09. The summed E-state index contributed by atoms with van der Waals surface area (Å²) >= 11 is 1.62. The Morgan fingerprint density at radius 1 is 1.70 bits per heavy atom. The van der Waals surface area contributed by atoms with E-state index in [1.165, 1.54) is 0 Å². The molecule has 0 aromatic carbocycles. The average Bonchev–Trinajstić information content (AvgIpc) is 2.29. The number of thiazole rings is 1. The van der Waals surface area contributed by atoms with Gasteiger partial charge >= 0.3 is 0 Å². The minimum Gasteiger partial charge on any atom is -0.377 e. The van der Waals surface area contributed by atoms with E-state index in [9.17, 15) is 0 Å². The number of ether oxygens (including phenoxy) is 1. The molecule has 2 heterocycles. The second-order valence-electron chi connectivity index (χ2n) is 2.22. The molecule has 0 aliphatic carbocycles. The molecule has 1 saturated heterocycles. The minimum absolute atomic E-state index is 0.492. The van der Waals surface area contributed by atoms with Gasteiger partial charge in [-0.3, -0.25) is 0 Å². The Morgan fingerprint density at radius 2 is 2.60 bits per heavy atom. The molecule has 3 nitrogen and oxygen atoms in total. The number of hydrogen-bond acceptors (Lipinski definition) is 4. The summed E-state index contributed by atoms with van der Waals surface area (Å²) in [5.74, 6) is 0. The zero-order chi connectivity index (χ0) is 6.81. The van der Waals surface area contributed by atoms with Crippen LogP contribution in [0.5, 0.6) is 0 Å². The standard InChI is InChI=1S/C6H8N2OS/c1-2-10-6(7-1)8-5-3-9-4-5/h1-2,5H,3-4H2,(H,7,8). The highest BCUT2D eigenvalue weighted by Crippen LogP contribution is 2.14. The van der Waals surface area contributed by atoms with Crippen LogP contribution in [0, 0.1) is 0 Å². The third-order valence-electron chi connectivity index (χ3n) is 1.40. The molecule has 0 unspecified atom stereocenters. The van der Waals surface area contributed by atoms with Gasteiger partial charge in [-0.2, -0.15) is 0 Å². The van der Waals surface area contributed by atoms with Gasteiger partial charge in [0.25, 0.3) is 0 Å². The lowest BCUT2D eigenvalue weighted by atomic mass is 10.3.